The summed E-state index contributed by atoms with van der Waals surface area (Å²) in [5.74, 6) is 1.42. The van der Waals surface area contributed by atoms with Crippen LogP contribution in [0.5, 0.6) is 0 Å². The number of H-pyrrole nitrogens is 1. The Labute approximate surface area is 269 Å². The number of amides is 4. The minimum absolute atomic E-state index is 0. The molecule has 4 atom stereocenters. The summed E-state index contributed by atoms with van der Waals surface area (Å²) in [7, 11) is 2.32. The van der Waals surface area contributed by atoms with Gasteiger partial charge in [0, 0.05) is 12.1 Å². The molecule has 2 bridgehead atoms. The smallest absolute Gasteiger partial charge is 0.632 e. The first-order valence-electron chi connectivity index (χ1n) is 13.6. The molecule has 1 aromatic carbocycles. The summed E-state index contributed by atoms with van der Waals surface area (Å²) in [6.45, 7) is 0.919. The minimum Gasteiger partial charge on any atom is -0.632 e. The second-order valence-electron chi connectivity index (χ2n) is 11.1. The molecule has 42 heavy (non-hydrogen) atoms. The average molecular weight is 655 g/mol. The first-order chi connectivity index (χ1) is 19.2. The molecule has 1 spiro atoms. The molecule has 3 N–H and O–H groups in total. The normalized spacial score (nSPS) is 23.9. The number of hydrogen-bond donors (Lipinski definition) is 1. The molecular weight excluding hydrogens is 618 g/mol. The van der Waals surface area contributed by atoms with Crippen LogP contribution in [-0.2, 0) is 62.6 Å². The maximum atomic E-state index is 11.5. The van der Waals surface area contributed by atoms with Crippen molar-refractivity contribution in [2.75, 3.05) is 20.8 Å². The van der Waals surface area contributed by atoms with Crippen LogP contribution in [0.15, 0.2) is 18.2 Å². The molecule has 3 heterocycles. The molecule has 1 aromatic heterocycles. The summed E-state index contributed by atoms with van der Waals surface area (Å²) in [5, 5.41) is 0. The Morgan fingerprint density at radius 1 is 1.10 bits per heavy atom. The predicted octanol–water partition coefficient (Wildman–Crippen LogP) is 5.00. The van der Waals surface area contributed by atoms with E-state index in [1.54, 1.807) is 0 Å². The summed E-state index contributed by atoms with van der Waals surface area (Å²) in [6.07, 6.45) is 12.6. The van der Waals surface area contributed by atoms with E-state index in [0.717, 1.165) is 69.7 Å². The summed E-state index contributed by atoms with van der Waals surface area (Å²) >= 11 is 0. The quantitative estimate of drug-likeness (QED) is 0.410. The molecule has 4 aliphatic rings. The first kappa shape index (κ1) is 35.5. The number of aromatic nitrogens is 2. The number of aryl methyl sites for hydroxylation is 1. The number of fused-ring (bicyclic) bond motifs is 3. The van der Waals surface area contributed by atoms with Gasteiger partial charge < -0.3 is 45.3 Å². The molecule has 2 unspecified atom stereocenters. The molecule has 4 fully saturated rings. The Morgan fingerprint density at radius 3 is 2.33 bits per heavy atom. The van der Waals surface area contributed by atoms with Crippen LogP contribution in [-0.4, -0.2) is 77.6 Å². The van der Waals surface area contributed by atoms with Gasteiger partial charge in [0.15, 0.2) is 0 Å². The van der Waals surface area contributed by atoms with Crippen LogP contribution < -0.4 is 0 Å². The molecule has 14 heteroatoms. The molecule has 2 saturated heterocycles. The van der Waals surface area contributed by atoms with E-state index in [1.165, 1.54) is 31.2 Å². The molecule has 6 rings (SSSR count). The summed E-state index contributed by atoms with van der Waals surface area (Å²) in [5.41, 5.74) is 15.7. The standard InChI is InChI=1S/C24H28N4O2.2C2H5NO2.2V/c29-14-27-13-24(8-9-24)12-19(27)3-1-2-16-4-7-20-21(10-16)26-23(25-20)22-17-5-6-18(11-17)28(22)15-30;2*1-5-2(3)4;;/h4,7,10,17-19,22H,1-3,5-6,8-9,11-13H2,(H,25,26);2*1H3,(H2,3,4);;/q-2;;;2*+2/p-2/t17?,18?,19-,22+;;;;/m1..../s1. The van der Waals surface area contributed by atoms with E-state index in [2.05, 4.69) is 45.5 Å². The number of methoxy groups -OCH3 is 2. The number of nitrogens with one attached hydrogen (secondary N) is 3. The zero-order valence-corrected chi connectivity index (χ0v) is 26.6. The second kappa shape index (κ2) is 15.7. The Bertz CT molecular complexity index is 1210. The van der Waals surface area contributed by atoms with Crippen molar-refractivity contribution in [2.45, 2.75) is 75.9 Å². The van der Waals surface area contributed by atoms with Gasteiger partial charge in [0.1, 0.15) is 5.82 Å². The van der Waals surface area contributed by atoms with Crippen molar-refractivity contribution in [3.05, 3.63) is 41.1 Å². The molecule has 224 valence electrons. The zero-order chi connectivity index (χ0) is 28.9. The number of piperidine rings is 1. The van der Waals surface area contributed by atoms with E-state index < -0.39 is 12.2 Å². The summed E-state index contributed by atoms with van der Waals surface area (Å²) < 4.78 is 7.56. The maximum Gasteiger partial charge on any atom is 2.00 e. The SMILES string of the molecule is COC([NH-])=O.COC([NH-])=O.O=[C-]N1CC2(CC2)C[C@H]1CCCc1ccc2nc([C@@H]3C4CCC(C4)N3[C-]=O)[nH]c2c1.[V+2].[V+2]. The number of ether oxygens (including phenoxy) is 2. The fourth-order valence-corrected chi connectivity index (χ4v) is 6.45. The number of benzene rings is 1. The number of hydrogen-bond acceptors (Lipinski definition) is 7. The number of imidazole rings is 1. The number of likely N-dealkylation sites (tertiary alicyclic amines) is 2. The number of nitrogens with zero attached hydrogens (tertiary/aromatic N) is 3. The average Bonchev–Trinajstić information content (AvgIpc) is 3.34. The van der Waals surface area contributed by atoms with Crippen molar-refractivity contribution in [3.8, 4) is 0 Å². The fraction of sp³-hybridized carbons (Fsp3) is 0.607. The van der Waals surface area contributed by atoms with Gasteiger partial charge in [-0.05, 0) is 93.4 Å². The summed E-state index contributed by atoms with van der Waals surface area (Å²) in [4.78, 5) is 53.4. The van der Waals surface area contributed by atoms with E-state index in [1.807, 2.05) is 9.80 Å². The molecular formula is C28H36N6O6V2. The van der Waals surface area contributed by atoms with Crippen LogP contribution >= 0.6 is 0 Å². The molecule has 4 amide bonds. The predicted molar refractivity (Wildman–Crippen MR) is 146 cm³/mol. The number of carbonyl (C=O) groups excluding carboxylic acids is 4. The molecule has 2 aliphatic heterocycles. The van der Waals surface area contributed by atoms with Crippen LogP contribution in [0.25, 0.3) is 22.5 Å². The Balaban J connectivity index is 0.000000449. The largest absolute Gasteiger partial charge is 2.00 e. The number of carbonyl (C=O) groups is 2. The van der Waals surface area contributed by atoms with E-state index in [4.69, 9.17) is 16.5 Å². The van der Waals surface area contributed by atoms with Crippen molar-refractivity contribution in [2.24, 2.45) is 11.3 Å². The van der Waals surface area contributed by atoms with Crippen molar-refractivity contribution < 1.29 is 65.8 Å². The number of aromatic amines is 1. The Morgan fingerprint density at radius 2 is 1.76 bits per heavy atom. The van der Waals surface area contributed by atoms with Crippen molar-refractivity contribution >= 4 is 36.0 Å². The fourth-order valence-electron chi connectivity index (χ4n) is 6.45. The van der Waals surface area contributed by atoms with Gasteiger partial charge in [0.05, 0.1) is 31.3 Å². The van der Waals surface area contributed by atoms with Gasteiger partial charge in [-0.3, -0.25) is 9.59 Å². The molecule has 2 aromatic rings. The van der Waals surface area contributed by atoms with Crippen LogP contribution in [0.2, 0.25) is 0 Å². The molecule has 2 radical (unpaired) electrons. The van der Waals surface area contributed by atoms with Gasteiger partial charge >= 0.3 is 37.1 Å². The third-order valence-corrected chi connectivity index (χ3v) is 8.60. The molecule has 2 aliphatic carbocycles. The minimum atomic E-state index is -0.995. The van der Waals surface area contributed by atoms with Crippen LogP contribution in [0.3, 0.4) is 0 Å². The van der Waals surface area contributed by atoms with Crippen molar-refractivity contribution in [1.82, 2.24) is 19.8 Å². The monoisotopic (exact) mass is 654 g/mol. The van der Waals surface area contributed by atoms with E-state index in [0.29, 0.717) is 23.4 Å². The first-order valence-corrected chi connectivity index (χ1v) is 13.6. The van der Waals surface area contributed by atoms with Gasteiger partial charge in [-0.25, -0.2) is 4.98 Å². The van der Waals surface area contributed by atoms with E-state index >= 15 is 0 Å². The topological polar surface area (TPSA) is 169 Å². The van der Waals surface area contributed by atoms with E-state index in [9.17, 15) is 19.2 Å². The zero-order valence-electron chi connectivity index (χ0n) is 23.8. The van der Waals surface area contributed by atoms with Gasteiger partial charge in [-0.1, -0.05) is 6.07 Å². The van der Waals surface area contributed by atoms with Gasteiger partial charge in [0.25, 0.3) is 0 Å². The maximum absolute atomic E-state index is 11.5. The Kier molecular flexibility index (Phi) is 13.3. The van der Waals surface area contributed by atoms with Crippen LogP contribution in [0, 0.1) is 11.3 Å². The van der Waals surface area contributed by atoms with E-state index in [-0.39, 0.29) is 43.2 Å². The second-order valence-corrected chi connectivity index (χ2v) is 11.1. The van der Waals surface area contributed by atoms with Gasteiger partial charge in [0.2, 0.25) is 12.2 Å². The number of rotatable bonds is 7. The van der Waals surface area contributed by atoms with Crippen LogP contribution in [0.1, 0.15) is 68.8 Å². The molecule has 12 nitrogen and oxygen atoms in total. The van der Waals surface area contributed by atoms with Crippen LogP contribution in [0.4, 0.5) is 9.59 Å². The van der Waals surface area contributed by atoms with Crippen molar-refractivity contribution in [3.63, 3.8) is 0 Å². The molecule has 2 saturated carbocycles. The Hall–Kier alpha value is -2.66. The van der Waals surface area contributed by atoms with Gasteiger partial charge in [-0.15, -0.1) is 0 Å². The van der Waals surface area contributed by atoms with Gasteiger partial charge in [-0.2, -0.15) is 12.8 Å². The third-order valence-electron chi connectivity index (χ3n) is 8.60. The van der Waals surface area contributed by atoms with Crippen molar-refractivity contribution in [1.29, 1.82) is 0 Å². The summed E-state index contributed by atoms with van der Waals surface area (Å²) in [6, 6.07) is 7.23. The third kappa shape index (κ3) is 8.46.